The van der Waals surface area contributed by atoms with Gasteiger partial charge in [-0.1, -0.05) is 157 Å². The zero-order valence-corrected chi connectivity index (χ0v) is 32.5. The van der Waals surface area contributed by atoms with E-state index < -0.39 is 30.5 Å². The minimum absolute atomic E-state index is 0.286. The van der Waals surface area contributed by atoms with Gasteiger partial charge in [-0.15, -0.1) is 0 Å². The lowest BCUT2D eigenvalue weighted by atomic mass is 9.89. The zero-order valence-electron chi connectivity index (χ0n) is 31.8. The highest BCUT2D eigenvalue weighted by molar-refractivity contribution is 6.31. The molecule has 6 aromatic carbocycles. The van der Waals surface area contributed by atoms with Crippen LogP contribution in [0.4, 0.5) is 0 Å². The summed E-state index contributed by atoms with van der Waals surface area (Å²) in [7, 11) is 0. The van der Waals surface area contributed by atoms with Crippen molar-refractivity contribution in [3.05, 3.63) is 208 Å². The number of benzene rings is 6. The molecule has 288 valence electrons. The number of rotatable bonds is 18. The van der Waals surface area contributed by atoms with Gasteiger partial charge in [-0.05, 0) is 70.5 Å². The monoisotopic (exact) mass is 768 g/mol. The van der Waals surface area contributed by atoms with Gasteiger partial charge in [0, 0.05) is 5.02 Å². The lowest BCUT2D eigenvalue weighted by Gasteiger charge is -2.46. The lowest BCUT2D eigenvalue weighted by Crippen LogP contribution is -2.58. The minimum Gasteiger partial charge on any atom is -0.494 e. The second-order valence-corrected chi connectivity index (χ2v) is 14.4. The summed E-state index contributed by atoms with van der Waals surface area (Å²) in [5, 5.41) is 0.684. The largest absolute Gasteiger partial charge is 0.494 e. The highest BCUT2D eigenvalue weighted by atomic mass is 35.5. The molecule has 1 heterocycles. The molecular formula is C49H49ClO6. The van der Waals surface area contributed by atoms with E-state index in [1.165, 1.54) is 0 Å². The molecule has 0 spiro atoms. The van der Waals surface area contributed by atoms with Crippen LogP contribution < -0.4 is 4.74 Å². The van der Waals surface area contributed by atoms with Gasteiger partial charge in [0.05, 0.1) is 39.6 Å². The molecule has 5 atom stereocenters. The van der Waals surface area contributed by atoms with Gasteiger partial charge in [0.15, 0.2) is 0 Å². The quantitative estimate of drug-likeness (QED) is 0.0868. The Hall–Kier alpha value is -4.79. The summed E-state index contributed by atoms with van der Waals surface area (Å²) in [6, 6.07) is 55.0. The molecule has 1 unspecified atom stereocenters. The van der Waals surface area contributed by atoms with E-state index in [4.69, 9.17) is 40.0 Å². The Morgan fingerprint density at radius 1 is 0.518 bits per heavy atom. The fourth-order valence-electron chi connectivity index (χ4n) is 7.05. The normalized spacial score (nSPS) is 19.4. The summed E-state index contributed by atoms with van der Waals surface area (Å²) in [4.78, 5) is 0. The second kappa shape index (κ2) is 20.4. The van der Waals surface area contributed by atoms with Crippen LogP contribution in [-0.4, -0.2) is 37.6 Å². The molecule has 7 rings (SSSR count). The molecule has 1 saturated heterocycles. The molecule has 0 amide bonds. The standard InChI is InChI=1S/C49H49ClO6/c1-2-52-43-26-23-36(24-27-43)29-42-30-41(25-28-44(42)50)46-48(54-33-39-19-11-5-12-20-39)49(55-34-40-21-13-6-14-22-40)47(53-32-38-17-9-4-10-18-38)45(56-46)35-51-31-37-15-7-3-8-16-37/h3-28,30,45-49H,2,29,31-35H2,1H3/t45-,46?,47-,48+,49+/m1/s1. The molecule has 6 nitrogen and oxygen atoms in total. The lowest BCUT2D eigenvalue weighted by molar-refractivity contribution is -0.275. The van der Waals surface area contributed by atoms with Gasteiger partial charge >= 0.3 is 0 Å². The Morgan fingerprint density at radius 2 is 1.02 bits per heavy atom. The first kappa shape index (κ1) is 39.4. The summed E-state index contributed by atoms with van der Waals surface area (Å²) < 4.78 is 40.1. The molecule has 0 saturated carbocycles. The third kappa shape index (κ3) is 10.9. The van der Waals surface area contributed by atoms with E-state index in [9.17, 15) is 0 Å². The van der Waals surface area contributed by atoms with Gasteiger partial charge < -0.3 is 28.4 Å². The predicted octanol–water partition coefficient (Wildman–Crippen LogP) is 10.7. The van der Waals surface area contributed by atoms with Crippen LogP contribution in [0.3, 0.4) is 0 Å². The van der Waals surface area contributed by atoms with Crippen LogP contribution in [0.25, 0.3) is 0 Å². The molecule has 7 heteroatoms. The van der Waals surface area contributed by atoms with E-state index in [-0.39, 0.29) is 6.61 Å². The van der Waals surface area contributed by atoms with Gasteiger partial charge in [-0.25, -0.2) is 0 Å². The molecule has 6 aromatic rings. The third-order valence-corrected chi connectivity index (χ3v) is 10.3. The maximum absolute atomic E-state index is 7.17. The minimum atomic E-state index is -0.551. The fourth-order valence-corrected chi connectivity index (χ4v) is 7.24. The van der Waals surface area contributed by atoms with Crippen molar-refractivity contribution in [3.63, 3.8) is 0 Å². The van der Waals surface area contributed by atoms with E-state index >= 15 is 0 Å². The molecule has 56 heavy (non-hydrogen) atoms. The van der Waals surface area contributed by atoms with Crippen LogP contribution in [0.1, 0.15) is 52.0 Å². The van der Waals surface area contributed by atoms with Crippen molar-refractivity contribution in [1.82, 2.24) is 0 Å². The predicted molar refractivity (Wildman–Crippen MR) is 221 cm³/mol. The van der Waals surface area contributed by atoms with Crippen LogP contribution in [0, 0.1) is 0 Å². The number of hydrogen-bond acceptors (Lipinski definition) is 6. The van der Waals surface area contributed by atoms with Crippen molar-refractivity contribution in [1.29, 1.82) is 0 Å². The van der Waals surface area contributed by atoms with E-state index in [0.717, 1.165) is 44.7 Å². The highest BCUT2D eigenvalue weighted by Crippen LogP contribution is 2.40. The molecule has 1 aliphatic heterocycles. The molecule has 0 radical (unpaired) electrons. The van der Waals surface area contributed by atoms with Crippen molar-refractivity contribution < 1.29 is 28.4 Å². The van der Waals surface area contributed by atoms with Gasteiger partial charge in [-0.3, -0.25) is 0 Å². The van der Waals surface area contributed by atoms with Crippen molar-refractivity contribution >= 4 is 11.6 Å². The first-order valence-electron chi connectivity index (χ1n) is 19.4. The Labute approximate surface area is 335 Å². The molecular weight excluding hydrogens is 720 g/mol. The summed E-state index contributed by atoms with van der Waals surface area (Å²) in [6.07, 6.45) is -1.99. The van der Waals surface area contributed by atoms with Gasteiger partial charge in [0.2, 0.25) is 0 Å². The topological polar surface area (TPSA) is 55.4 Å². The third-order valence-electron chi connectivity index (χ3n) is 9.91. The van der Waals surface area contributed by atoms with Crippen molar-refractivity contribution in [3.8, 4) is 5.75 Å². The van der Waals surface area contributed by atoms with E-state index in [1.807, 2.05) is 104 Å². The Balaban J connectivity index is 1.25. The van der Waals surface area contributed by atoms with E-state index in [2.05, 4.69) is 66.7 Å². The SMILES string of the molecule is CCOc1ccc(Cc2cc(C3O[C@H](COCc4ccccc4)[C@@H](OCc4ccccc4)[C@H](OCc4ccccc4)[C@H]3OCc3ccccc3)ccc2Cl)cc1. The fraction of sp³-hybridized carbons (Fsp3) is 0.265. The number of halogens is 1. The smallest absolute Gasteiger partial charge is 0.119 e. The van der Waals surface area contributed by atoms with Crippen molar-refractivity contribution in [2.24, 2.45) is 0 Å². The zero-order chi connectivity index (χ0) is 38.4. The molecule has 0 aliphatic carbocycles. The molecule has 0 N–H and O–H groups in total. The van der Waals surface area contributed by atoms with Crippen LogP contribution in [-0.2, 0) is 56.5 Å². The molecule has 0 bridgehead atoms. The molecule has 1 aliphatic rings. The van der Waals surface area contributed by atoms with Gasteiger partial charge in [0.1, 0.15) is 36.3 Å². The maximum atomic E-state index is 7.17. The van der Waals surface area contributed by atoms with Crippen molar-refractivity contribution in [2.75, 3.05) is 13.2 Å². The van der Waals surface area contributed by atoms with Crippen molar-refractivity contribution in [2.45, 2.75) is 70.3 Å². The van der Waals surface area contributed by atoms with Crippen LogP contribution in [0.2, 0.25) is 5.02 Å². The summed E-state index contributed by atoms with van der Waals surface area (Å²) in [6.45, 7) is 4.44. The van der Waals surface area contributed by atoms with Crippen LogP contribution >= 0.6 is 11.6 Å². The first-order valence-corrected chi connectivity index (χ1v) is 19.7. The van der Waals surface area contributed by atoms with E-state index in [0.29, 0.717) is 44.5 Å². The number of ether oxygens (including phenoxy) is 6. The van der Waals surface area contributed by atoms with Crippen LogP contribution in [0.15, 0.2) is 164 Å². The number of hydrogen-bond donors (Lipinski definition) is 0. The second-order valence-electron chi connectivity index (χ2n) is 14.0. The van der Waals surface area contributed by atoms with E-state index in [1.54, 1.807) is 0 Å². The van der Waals surface area contributed by atoms with Gasteiger partial charge in [0.25, 0.3) is 0 Å². The summed E-state index contributed by atoms with van der Waals surface area (Å²) in [5.74, 6) is 0.844. The Kier molecular flexibility index (Phi) is 14.4. The average Bonchev–Trinajstić information content (AvgIpc) is 3.25. The summed E-state index contributed by atoms with van der Waals surface area (Å²) in [5.41, 5.74) is 7.30. The Bertz CT molecular complexity index is 2030. The summed E-state index contributed by atoms with van der Waals surface area (Å²) >= 11 is 6.91. The maximum Gasteiger partial charge on any atom is 0.119 e. The average molecular weight is 769 g/mol. The Morgan fingerprint density at radius 3 is 1.55 bits per heavy atom. The molecule has 1 fully saturated rings. The highest BCUT2D eigenvalue weighted by Gasteiger charge is 2.49. The molecule has 0 aromatic heterocycles. The van der Waals surface area contributed by atoms with Gasteiger partial charge in [-0.2, -0.15) is 0 Å². The van der Waals surface area contributed by atoms with Crippen LogP contribution in [0.5, 0.6) is 5.75 Å². The first-order chi connectivity index (χ1) is 27.6.